The largest absolute Gasteiger partial charge is 0.376 e. The first kappa shape index (κ1) is 17.4. The Hall–Kier alpha value is -1.98. The van der Waals surface area contributed by atoms with Crippen LogP contribution in [0.1, 0.15) is 11.1 Å². The maximum absolute atomic E-state index is 11.8. The Labute approximate surface area is 145 Å². The summed E-state index contributed by atoms with van der Waals surface area (Å²) in [6, 6.07) is 13.5. The van der Waals surface area contributed by atoms with Crippen molar-refractivity contribution in [1.29, 1.82) is 0 Å². The molecule has 2 rings (SSSR count). The average Bonchev–Trinajstić information content (AvgIpc) is 2.57. The molecule has 1 amide bonds. The molecule has 0 atom stereocenters. The molecule has 0 aliphatic carbocycles. The number of hydrogen-bond donors (Lipinski definition) is 2. The summed E-state index contributed by atoms with van der Waals surface area (Å²) in [4.78, 5) is 13.0. The van der Waals surface area contributed by atoms with E-state index < -0.39 is 0 Å². The topological polar surface area (TPSA) is 53.5 Å². The monoisotopic (exact) mass is 347 g/mol. The highest BCUT2D eigenvalue weighted by Crippen LogP contribution is 2.22. The van der Waals surface area contributed by atoms with Crippen LogP contribution in [0.15, 0.2) is 52.5 Å². The minimum absolute atomic E-state index is 0.129. The molecule has 0 fully saturated rings. The quantitative estimate of drug-likeness (QED) is 0.473. The van der Waals surface area contributed by atoms with Crippen molar-refractivity contribution >= 4 is 41.2 Å². The SMILES string of the molecule is CSc1ccc(/C=N/NC(=O)CNc2cccc(Cl)c2C)cc1. The number of rotatable bonds is 6. The lowest BCUT2D eigenvalue weighted by Crippen LogP contribution is -2.26. The van der Waals surface area contributed by atoms with Gasteiger partial charge in [0.15, 0.2) is 0 Å². The van der Waals surface area contributed by atoms with E-state index >= 15 is 0 Å². The standard InChI is InChI=1S/C17H18ClN3OS/c1-12-15(18)4-3-5-16(12)19-11-17(22)21-20-10-13-6-8-14(23-2)9-7-13/h3-10,19H,11H2,1-2H3,(H,21,22)/b20-10+. The molecule has 0 aliphatic heterocycles. The Morgan fingerprint density at radius 3 is 2.70 bits per heavy atom. The molecule has 2 N–H and O–H groups in total. The van der Waals surface area contributed by atoms with Gasteiger partial charge in [0.2, 0.25) is 0 Å². The third kappa shape index (κ3) is 5.30. The van der Waals surface area contributed by atoms with E-state index in [2.05, 4.69) is 15.8 Å². The van der Waals surface area contributed by atoms with Gasteiger partial charge < -0.3 is 5.32 Å². The molecular weight excluding hydrogens is 330 g/mol. The number of thioether (sulfide) groups is 1. The first-order chi connectivity index (χ1) is 11.1. The van der Waals surface area contributed by atoms with Crippen LogP contribution in [-0.4, -0.2) is 24.9 Å². The Balaban J connectivity index is 1.82. The predicted octanol–water partition coefficient (Wildman–Crippen LogP) is 3.93. The summed E-state index contributed by atoms with van der Waals surface area (Å²) in [7, 11) is 0. The number of hydrogen-bond acceptors (Lipinski definition) is 4. The summed E-state index contributed by atoms with van der Waals surface area (Å²) in [5.41, 5.74) is 5.18. The maximum atomic E-state index is 11.8. The maximum Gasteiger partial charge on any atom is 0.259 e. The number of nitrogens with zero attached hydrogens (tertiary/aromatic N) is 1. The Bertz CT molecular complexity index is 701. The number of amides is 1. The molecule has 0 unspecified atom stereocenters. The fraction of sp³-hybridized carbons (Fsp3) is 0.176. The van der Waals surface area contributed by atoms with Crippen molar-refractivity contribution in [3.63, 3.8) is 0 Å². The van der Waals surface area contributed by atoms with Gasteiger partial charge in [-0.2, -0.15) is 5.10 Å². The molecule has 120 valence electrons. The van der Waals surface area contributed by atoms with Gasteiger partial charge in [0.1, 0.15) is 0 Å². The summed E-state index contributed by atoms with van der Waals surface area (Å²) in [6.45, 7) is 2.03. The Morgan fingerprint density at radius 2 is 2.00 bits per heavy atom. The molecule has 0 aliphatic rings. The van der Waals surface area contributed by atoms with Crippen LogP contribution < -0.4 is 10.7 Å². The molecule has 4 nitrogen and oxygen atoms in total. The van der Waals surface area contributed by atoms with E-state index in [0.717, 1.165) is 16.8 Å². The molecule has 0 heterocycles. The summed E-state index contributed by atoms with van der Waals surface area (Å²) in [5.74, 6) is -0.221. The van der Waals surface area contributed by atoms with Crippen molar-refractivity contribution in [2.75, 3.05) is 18.1 Å². The van der Waals surface area contributed by atoms with E-state index in [1.54, 1.807) is 18.0 Å². The lowest BCUT2D eigenvalue weighted by atomic mass is 10.2. The van der Waals surface area contributed by atoms with Crippen molar-refractivity contribution in [3.05, 3.63) is 58.6 Å². The fourth-order valence-electron chi connectivity index (χ4n) is 1.88. The molecule has 23 heavy (non-hydrogen) atoms. The Kier molecular flexibility index (Phi) is 6.50. The first-order valence-electron chi connectivity index (χ1n) is 7.05. The average molecular weight is 348 g/mol. The van der Waals surface area contributed by atoms with Crippen LogP contribution in [0.5, 0.6) is 0 Å². The van der Waals surface area contributed by atoms with Gasteiger partial charge in [0.25, 0.3) is 5.91 Å². The third-order valence-electron chi connectivity index (χ3n) is 3.23. The lowest BCUT2D eigenvalue weighted by Gasteiger charge is -2.09. The van der Waals surface area contributed by atoms with Crippen LogP contribution in [0.2, 0.25) is 5.02 Å². The lowest BCUT2D eigenvalue weighted by molar-refractivity contribution is -0.119. The summed E-state index contributed by atoms with van der Waals surface area (Å²) < 4.78 is 0. The molecule has 0 radical (unpaired) electrons. The number of anilines is 1. The van der Waals surface area contributed by atoms with Crippen molar-refractivity contribution < 1.29 is 4.79 Å². The summed E-state index contributed by atoms with van der Waals surface area (Å²) in [6.07, 6.45) is 3.64. The highest BCUT2D eigenvalue weighted by molar-refractivity contribution is 7.98. The number of hydrazone groups is 1. The van der Waals surface area contributed by atoms with Crippen LogP contribution in [0.25, 0.3) is 0 Å². The molecule has 0 spiro atoms. The van der Waals surface area contributed by atoms with Crippen molar-refractivity contribution in [3.8, 4) is 0 Å². The van der Waals surface area contributed by atoms with Gasteiger partial charge in [0.05, 0.1) is 12.8 Å². The molecule has 6 heteroatoms. The molecule has 0 aromatic heterocycles. The van der Waals surface area contributed by atoms with Crippen LogP contribution in [0.3, 0.4) is 0 Å². The zero-order chi connectivity index (χ0) is 16.7. The van der Waals surface area contributed by atoms with Gasteiger partial charge in [-0.15, -0.1) is 11.8 Å². The number of carbonyl (C=O) groups excluding carboxylic acids is 1. The van der Waals surface area contributed by atoms with Crippen LogP contribution in [-0.2, 0) is 4.79 Å². The van der Waals surface area contributed by atoms with E-state index in [4.69, 9.17) is 11.6 Å². The van der Waals surface area contributed by atoms with Crippen molar-refractivity contribution in [1.82, 2.24) is 5.43 Å². The van der Waals surface area contributed by atoms with Crippen molar-refractivity contribution in [2.24, 2.45) is 5.10 Å². The van der Waals surface area contributed by atoms with Gasteiger partial charge in [-0.1, -0.05) is 29.8 Å². The Morgan fingerprint density at radius 1 is 1.26 bits per heavy atom. The van der Waals surface area contributed by atoms with Crippen LogP contribution in [0.4, 0.5) is 5.69 Å². The van der Waals surface area contributed by atoms with E-state index in [-0.39, 0.29) is 12.5 Å². The second-order valence-corrected chi connectivity index (χ2v) is 6.12. The van der Waals surface area contributed by atoms with Crippen molar-refractivity contribution in [2.45, 2.75) is 11.8 Å². The van der Waals surface area contributed by atoms with Crippen LogP contribution >= 0.6 is 23.4 Å². The zero-order valence-corrected chi connectivity index (χ0v) is 14.5. The smallest absolute Gasteiger partial charge is 0.259 e. The third-order valence-corrected chi connectivity index (χ3v) is 4.38. The molecule has 0 bridgehead atoms. The summed E-state index contributed by atoms with van der Waals surface area (Å²) in [5, 5.41) is 7.66. The number of halogens is 1. The molecule has 2 aromatic rings. The van der Waals surface area contributed by atoms with Gasteiger partial charge in [-0.3, -0.25) is 4.79 Å². The van der Waals surface area contributed by atoms with E-state index in [0.29, 0.717) is 5.02 Å². The minimum atomic E-state index is -0.221. The van der Waals surface area contributed by atoms with Gasteiger partial charge in [-0.05, 0) is 48.6 Å². The highest BCUT2D eigenvalue weighted by atomic mass is 35.5. The molecular formula is C17H18ClN3OS. The summed E-state index contributed by atoms with van der Waals surface area (Å²) >= 11 is 7.72. The van der Waals surface area contributed by atoms with Gasteiger partial charge in [-0.25, -0.2) is 5.43 Å². The number of nitrogens with one attached hydrogen (secondary N) is 2. The predicted molar refractivity (Wildman–Crippen MR) is 98.6 cm³/mol. The van der Waals surface area contributed by atoms with Crippen LogP contribution in [0, 0.1) is 6.92 Å². The normalized spacial score (nSPS) is 10.7. The second-order valence-electron chi connectivity index (χ2n) is 4.83. The molecule has 0 saturated carbocycles. The highest BCUT2D eigenvalue weighted by Gasteiger charge is 2.04. The number of carbonyl (C=O) groups is 1. The molecule has 2 aromatic carbocycles. The van der Waals surface area contributed by atoms with E-state index in [1.807, 2.05) is 55.6 Å². The van der Waals surface area contributed by atoms with Gasteiger partial charge in [0, 0.05) is 15.6 Å². The fourth-order valence-corrected chi connectivity index (χ4v) is 2.47. The van der Waals surface area contributed by atoms with E-state index in [9.17, 15) is 4.79 Å². The zero-order valence-electron chi connectivity index (χ0n) is 13.0. The van der Waals surface area contributed by atoms with E-state index in [1.165, 1.54) is 4.90 Å². The first-order valence-corrected chi connectivity index (χ1v) is 8.65. The number of benzene rings is 2. The minimum Gasteiger partial charge on any atom is -0.376 e. The van der Waals surface area contributed by atoms with Gasteiger partial charge >= 0.3 is 0 Å². The second kappa shape index (κ2) is 8.60. The molecule has 0 saturated heterocycles.